The monoisotopic (exact) mass is 384 g/mol. The van der Waals surface area contributed by atoms with E-state index in [0.717, 1.165) is 33.9 Å². The third-order valence-corrected chi connectivity index (χ3v) is 5.26. The van der Waals surface area contributed by atoms with Gasteiger partial charge in [0, 0.05) is 22.6 Å². The van der Waals surface area contributed by atoms with Crippen LogP contribution in [0.5, 0.6) is 34.5 Å². The number of allylic oxidation sites excluding steroid dienone is 1. The van der Waals surface area contributed by atoms with Gasteiger partial charge in [0.2, 0.25) is 12.5 Å². The van der Waals surface area contributed by atoms with Gasteiger partial charge in [0.25, 0.3) is 0 Å². The summed E-state index contributed by atoms with van der Waals surface area (Å²) in [7, 11) is 4.80. The van der Waals surface area contributed by atoms with E-state index in [1.807, 2.05) is 24.3 Å². The third-order valence-electron chi connectivity index (χ3n) is 5.26. The molecule has 2 aromatic carbocycles. The van der Waals surface area contributed by atoms with Crippen molar-refractivity contribution in [1.82, 2.24) is 0 Å². The summed E-state index contributed by atoms with van der Waals surface area (Å²) in [5.74, 6) is 4.18. The van der Waals surface area contributed by atoms with Crippen molar-refractivity contribution in [3.05, 3.63) is 47.5 Å². The Kier molecular flexibility index (Phi) is 4.71. The van der Waals surface area contributed by atoms with Gasteiger partial charge in [-0.05, 0) is 24.6 Å². The van der Waals surface area contributed by atoms with Crippen LogP contribution in [-0.4, -0.2) is 28.1 Å². The average Bonchev–Trinajstić information content (AvgIpc) is 3.31. The molecule has 0 aliphatic carbocycles. The van der Waals surface area contributed by atoms with E-state index in [2.05, 4.69) is 13.5 Å². The van der Waals surface area contributed by atoms with Crippen LogP contribution in [0.1, 0.15) is 35.6 Å². The van der Waals surface area contributed by atoms with Crippen LogP contribution in [0.2, 0.25) is 0 Å². The Hall–Kier alpha value is -3.02. The number of hydrogen-bond acceptors (Lipinski definition) is 6. The fraction of sp³-hybridized carbons (Fsp3) is 0.364. The van der Waals surface area contributed by atoms with Crippen molar-refractivity contribution in [2.45, 2.75) is 25.4 Å². The van der Waals surface area contributed by atoms with Crippen LogP contribution in [0, 0.1) is 0 Å². The molecule has 0 aromatic heterocycles. The quantitative estimate of drug-likeness (QED) is 0.688. The first-order valence-electron chi connectivity index (χ1n) is 9.15. The topological polar surface area (TPSA) is 55.4 Å². The second-order valence-corrected chi connectivity index (χ2v) is 6.79. The van der Waals surface area contributed by atoms with Gasteiger partial charge in [-0.15, -0.1) is 6.58 Å². The van der Waals surface area contributed by atoms with Gasteiger partial charge < -0.3 is 28.4 Å². The lowest BCUT2D eigenvalue weighted by molar-refractivity contribution is 0.172. The largest absolute Gasteiger partial charge is 0.493 e. The molecular weight excluding hydrogens is 360 g/mol. The van der Waals surface area contributed by atoms with Gasteiger partial charge in [0.05, 0.1) is 21.3 Å². The van der Waals surface area contributed by atoms with Gasteiger partial charge in [-0.2, -0.15) is 0 Å². The van der Waals surface area contributed by atoms with E-state index in [1.54, 1.807) is 21.3 Å². The van der Waals surface area contributed by atoms with Gasteiger partial charge in [-0.1, -0.05) is 13.0 Å². The number of ether oxygens (including phenoxy) is 6. The first-order valence-corrected chi connectivity index (χ1v) is 9.15. The molecular formula is C22H24O6. The molecule has 0 amide bonds. The fourth-order valence-electron chi connectivity index (χ4n) is 3.97. The lowest BCUT2D eigenvalue weighted by Gasteiger charge is -2.20. The first-order chi connectivity index (χ1) is 13.6. The SMILES string of the molecule is C=CCc1cc2c(c3c1O[C@H](c1cc(OC)c(OC)c(OC)c1)[C@H]3C)OCO2. The maximum absolute atomic E-state index is 6.45. The molecule has 6 heteroatoms. The summed E-state index contributed by atoms with van der Waals surface area (Å²) in [6, 6.07) is 5.84. The smallest absolute Gasteiger partial charge is 0.231 e. The predicted octanol–water partition coefficient (Wildman–Crippen LogP) is 4.41. The number of benzene rings is 2. The third kappa shape index (κ3) is 2.71. The summed E-state index contributed by atoms with van der Waals surface area (Å²) < 4.78 is 34.3. The molecule has 0 saturated heterocycles. The fourth-order valence-corrected chi connectivity index (χ4v) is 3.97. The van der Waals surface area contributed by atoms with Gasteiger partial charge in [0.1, 0.15) is 11.9 Å². The highest BCUT2D eigenvalue weighted by atomic mass is 16.7. The van der Waals surface area contributed by atoms with Crippen LogP contribution in [0.4, 0.5) is 0 Å². The molecule has 0 bridgehead atoms. The zero-order valence-corrected chi connectivity index (χ0v) is 16.5. The van der Waals surface area contributed by atoms with E-state index < -0.39 is 0 Å². The van der Waals surface area contributed by atoms with E-state index >= 15 is 0 Å². The number of rotatable bonds is 6. The molecule has 2 heterocycles. The maximum Gasteiger partial charge on any atom is 0.231 e. The first kappa shape index (κ1) is 18.3. The molecule has 0 fully saturated rings. The summed E-state index contributed by atoms with van der Waals surface area (Å²) in [6.07, 6.45) is 2.33. The summed E-state index contributed by atoms with van der Waals surface area (Å²) >= 11 is 0. The second kappa shape index (κ2) is 7.19. The molecule has 0 N–H and O–H groups in total. The standard InChI is InChI=1S/C22H24O6/c1-6-7-13-8-17-22(27-11-26-17)18-12(2)19(28-20(13)18)14-9-15(23-3)21(25-5)16(10-14)24-4/h6,8-10,12,19H,1,7,11H2,2-5H3/t12-,19-/m0/s1. The Morgan fingerprint density at radius 3 is 2.36 bits per heavy atom. The molecule has 2 atom stereocenters. The van der Waals surface area contributed by atoms with Crippen molar-refractivity contribution < 1.29 is 28.4 Å². The van der Waals surface area contributed by atoms with Crippen molar-refractivity contribution in [2.24, 2.45) is 0 Å². The van der Waals surface area contributed by atoms with Gasteiger partial charge in [0.15, 0.2) is 23.0 Å². The van der Waals surface area contributed by atoms with E-state index in [4.69, 9.17) is 28.4 Å². The molecule has 2 aromatic rings. The Balaban J connectivity index is 1.81. The Bertz CT molecular complexity index is 895. The molecule has 2 aliphatic rings. The normalized spacial score (nSPS) is 19.0. The van der Waals surface area contributed by atoms with Crippen molar-refractivity contribution in [3.63, 3.8) is 0 Å². The Labute approximate surface area is 164 Å². The lowest BCUT2D eigenvalue weighted by atomic mass is 9.90. The number of hydrogen-bond donors (Lipinski definition) is 0. The molecule has 0 unspecified atom stereocenters. The van der Waals surface area contributed by atoms with Gasteiger partial charge >= 0.3 is 0 Å². The average molecular weight is 384 g/mol. The molecule has 6 nitrogen and oxygen atoms in total. The van der Waals surface area contributed by atoms with Crippen molar-refractivity contribution in [1.29, 1.82) is 0 Å². The summed E-state index contributed by atoms with van der Waals surface area (Å²) in [5.41, 5.74) is 3.01. The molecule has 0 radical (unpaired) electrons. The van der Waals surface area contributed by atoms with Crippen LogP contribution in [0.25, 0.3) is 0 Å². The Morgan fingerprint density at radius 2 is 1.75 bits per heavy atom. The Morgan fingerprint density at radius 1 is 1.04 bits per heavy atom. The highest BCUT2D eigenvalue weighted by Gasteiger charge is 2.40. The van der Waals surface area contributed by atoms with E-state index in [0.29, 0.717) is 23.7 Å². The second-order valence-electron chi connectivity index (χ2n) is 6.79. The van der Waals surface area contributed by atoms with Crippen molar-refractivity contribution >= 4 is 0 Å². The molecule has 148 valence electrons. The molecule has 0 spiro atoms. The minimum atomic E-state index is -0.219. The van der Waals surface area contributed by atoms with E-state index in [1.165, 1.54) is 0 Å². The minimum absolute atomic E-state index is 0.0537. The summed E-state index contributed by atoms with van der Waals surface area (Å²) in [5, 5.41) is 0. The number of fused-ring (bicyclic) bond motifs is 3. The number of methoxy groups -OCH3 is 3. The summed E-state index contributed by atoms with van der Waals surface area (Å²) in [4.78, 5) is 0. The van der Waals surface area contributed by atoms with Crippen LogP contribution in [-0.2, 0) is 6.42 Å². The van der Waals surface area contributed by atoms with E-state index in [9.17, 15) is 0 Å². The van der Waals surface area contributed by atoms with Crippen LogP contribution in [0.15, 0.2) is 30.9 Å². The minimum Gasteiger partial charge on any atom is -0.493 e. The molecule has 28 heavy (non-hydrogen) atoms. The highest BCUT2D eigenvalue weighted by Crippen LogP contribution is 2.56. The molecule has 4 rings (SSSR count). The molecule has 0 saturated carbocycles. The van der Waals surface area contributed by atoms with Crippen LogP contribution < -0.4 is 28.4 Å². The van der Waals surface area contributed by atoms with E-state index in [-0.39, 0.29) is 18.8 Å². The zero-order chi connectivity index (χ0) is 19.8. The highest BCUT2D eigenvalue weighted by molar-refractivity contribution is 5.64. The van der Waals surface area contributed by atoms with Crippen molar-refractivity contribution in [2.75, 3.05) is 28.1 Å². The lowest BCUT2D eigenvalue weighted by Crippen LogP contribution is -2.09. The van der Waals surface area contributed by atoms with Gasteiger partial charge in [-0.3, -0.25) is 0 Å². The van der Waals surface area contributed by atoms with Crippen LogP contribution >= 0.6 is 0 Å². The summed E-state index contributed by atoms with van der Waals surface area (Å²) in [6.45, 7) is 6.21. The molecule has 2 aliphatic heterocycles. The van der Waals surface area contributed by atoms with Gasteiger partial charge in [-0.25, -0.2) is 0 Å². The van der Waals surface area contributed by atoms with Crippen LogP contribution in [0.3, 0.4) is 0 Å². The maximum atomic E-state index is 6.45. The van der Waals surface area contributed by atoms with Crippen molar-refractivity contribution in [3.8, 4) is 34.5 Å². The predicted molar refractivity (Wildman–Crippen MR) is 104 cm³/mol. The zero-order valence-electron chi connectivity index (χ0n) is 16.5.